The van der Waals surface area contributed by atoms with Gasteiger partial charge in [0.15, 0.2) is 0 Å². The lowest BCUT2D eigenvalue weighted by molar-refractivity contribution is 0.0596. The number of hydrogen-bond donors (Lipinski definition) is 2. The summed E-state index contributed by atoms with van der Waals surface area (Å²) in [5, 5.41) is 3.30. The Morgan fingerprint density at radius 1 is 1.29 bits per heavy atom. The molecule has 8 heteroatoms. The molecule has 0 radical (unpaired) electrons. The van der Waals surface area contributed by atoms with Crippen molar-refractivity contribution >= 4 is 27.6 Å². The average molecular weight is 335 g/mol. The Hall–Kier alpha value is -1.15. The summed E-state index contributed by atoms with van der Waals surface area (Å²) in [4.78, 5) is 11.5. The van der Waals surface area contributed by atoms with Crippen LogP contribution in [-0.4, -0.2) is 41.1 Å². The first-order valence-corrected chi connectivity index (χ1v) is 8.36. The summed E-state index contributed by atoms with van der Waals surface area (Å²) in [5.74, 6) is -0.726. The van der Waals surface area contributed by atoms with Crippen LogP contribution < -0.4 is 10.0 Å². The van der Waals surface area contributed by atoms with E-state index in [-0.39, 0.29) is 22.0 Å². The maximum absolute atomic E-state index is 12.3. The standard InChI is InChI=1S/C13H19ClN2O4S/c1-3-6-15-7-8-16-21(18,19)12-9-10(14)4-5-11(12)13(17)20-2/h4-5,9,15-16H,3,6-8H2,1-2H3. The highest BCUT2D eigenvalue weighted by Crippen LogP contribution is 2.21. The number of methoxy groups -OCH3 is 1. The monoisotopic (exact) mass is 334 g/mol. The summed E-state index contributed by atoms with van der Waals surface area (Å²) in [6.07, 6.45) is 0.966. The zero-order valence-corrected chi connectivity index (χ0v) is 13.6. The van der Waals surface area contributed by atoms with Crippen molar-refractivity contribution in [2.45, 2.75) is 18.2 Å². The van der Waals surface area contributed by atoms with E-state index in [1.165, 1.54) is 25.3 Å². The van der Waals surface area contributed by atoms with E-state index in [0.29, 0.717) is 6.54 Å². The predicted octanol–water partition coefficient (Wildman–Crippen LogP) is 1.40. The first-order chi connectivity index (χ1) is 9.92. The van der Waals surface area contributed by atoms with Crippen molar-refractivity contribution in [3.05, 3.63) is 28.8 Å². The molecular weight excluding hydrogens is 316 g/mol. The number of nitrogens with one attached hydrogen (secondary N) is 2. The second-order valence-corrected chi connectivity index (χ2v) is 6.45. The highest BCUT2D eigenvalue weighted by molar-refractivity contribution is 7.89. The number of hydrogen-bond acceptors (Lipinski definition) is 5. The molecule has 0 aromatic heterocycles. The molecule has 21 heavy (non-hydrogen) atoms. The number of halogens is 1. The second kappa shape index (κ2) is 8.33. The molecule has 0 spiro atoms. The molecular formula is C13H19ClN2O4S. The van der Waals surface area contributed by atoms with Gasteiger partial charge in [0.05, 0.1) is 17.6 Å². The summed E-state index contributed by atoms with van der Waals surface area (Å²) in [5.41, 5.74) is -0.0454. The molecule has 118 valence electrons. The van der Waals surface area contributed by atoms with Gasteiger partial charge in [-0.2, -0.15) is 0 Å². The van der Waals surface area contributed by atoms with Gasteiger partial charge in [-0.05, 0) is 31.2 Å². The number of rotatable bonds is 8. The van der Waals surface area contributed by atoms with E-state index in [0.717, 1.165) is 13.0 Å². The molecule has 0 aliphatic heterocycles. The average Bonchev–Trinajstić information content (AvgIpc) is 2.46. The van der Waals surface area contributed by atoms with Gasteiger partial charge in [-0.15, -0.1) is 0 Å². The zero-order valence-electron chi connectivity index (χ0n) is 12.0. The van der Waals surface area contributed by atoms with Crippen LogP contribution >= 0.6 is 11.6 Å². The molecule has 0 aliphatic carbocycles. The van der Waals surface area contributed by atoms with Gasteiger partial charge in [-0.25, -0.2) is 17.9 Å². The van der Waals surface area contributed by atoms with Crippen molar-refractivity contribution in [1.29, 1.82) is 0 Å². The lowest BCUT2D eigenvalue weighted by Gasteiger charge is -2.11. The Bertz CT molecular complexity index is 590. The third-order valence-electron chi connectivity index (χ3n) is 2.66. The Morgan fingerprint density at radius 2 is 2.00 bits per heavy atom. The summed E-state index contributed by atoms with van der Waals surface area (Å²) < 4.78 is 31.5. The number of benzene rings is 1. The van der Waals surface area contributed by atoms with E-state index in [4.69, 9.17) is 11.6 Å². The third kappa shape index (κ3) is 5.28. The van der Waals surface area contributed by atoms with Crippen molar-refractivity contribution in [2.24, 2.45) is 0 Å². The van der Waals surface area contributed by atoms with E-state index in [9.17, 15) is 13.2 Å². The number of carbonyl (C=O) groups is 1. The van der Waals surface area contributed by atoms with Crippen LogP contribution in [0, 0.1) is 0 Å². The molecule has 1 rings (SSSR count). The molecule has 0 fully saturated rings. The topological polar surface area (TPSA) is 84.5 Å². The molecule has 6 nitrogen and oxygen atoms in total. The fourth-order valence-electron chi connectivity index (χ4n) is 1.65. The summed E-state index contributed by atoms with van der Waals surface area (Å²) in [6, 6.07) is 4.00. The molecule has 1 aromatic carbocycles. The minimum absolute atomic E-state index is 0.0454. The van der Waals surface area contributed by atoms with E-state index < -0.39 is 16.0 Å². The van der Waals surface area contributed by atoms with Crippen LogP contribution in [0.15, 0.2) is 23.1 Å². The van der Waals surface area contributed by atoms with E-state index in [1.807, 2.05) is 6.92 Å². The lowest BCUT2D eigenvalue weighted by Crippen LogP contribution is -2.33. The van der Waals surface area contributed by atoms with Gasteiger partial charge in [-0.1, -0.05) is 18.5 Å². The number of esters is 1. The van der Waals surface area contributed by atoms with Crippen molar-refractivity contribution in [2.75, 3.05) is 26.7 Å². The van der Waals surface area contributed by atoms with Crippen molar-refractivity contribution in [3.8, 4) is 0 Å². The molecule has 0 heterocycles. The van der Waals surface area contributed by atoms with Crippen molar-refractivity contribution < 1.29 is 17.9 Å². The zero-order chi connectivity index (χ0) is 15.9. The molecule has 0 saturated carbocycles. The molecule has 0 amide bonds. The Morgan fingerprint density at radius 3 is 2.62 bits per heavy atom. The minimum Gasteiger partial charge on any atom is -0.465 e. The summed E-state index contributed by atoms with van der Waals surface area (Å²) >= 11 is 5.82. The Labute approximate surface area is 129 Å². The van der Waals surface area contributed by atoms with Gasteiger partial charge in [-0.3, -0.25) is 0 Å². The summed E-state index contributed by atoms with van der Waals surface area (Å²) in [7, 11) is -2.64. The van der Waals surface area contributed by atoms with Gasteiger partial charge in [0, 0.05) is 18.1 Å². The maximum atomic E-state index is 12.3. The normalized spacial score (nSPS) is 11.4. The fourth-order valence-corrected chi connectivity index (χ4v) is 3.14. The molecule has 0 atom stereocenters. The Balaban J connectivity index is 2.91. The molecule has 0 saturated heterocycles. The quantitative estimate of drug-likeness (QED) is 0.554. The molecule has 2 N–H and O–H groups in total. The van der Waals surface area contributed by atoms with Crippen LogP contribution in [0.3, 0.4) is 0 Å². The van der Waals surface area contributed by atoms with Crippen LogP contribution in [0.5, 0.6) is 0 Å². The van der Waals surface area contributed by atoms with Gasteiger partial charge in [0.25, 0.3) is 0 Å². The van der Waals surface area contributed by atoms with Gasteiger partial charge in [0.1, 0.15) is 0 Å². The van der Waals surface area contributed by atoms with Gasteiger partial charge < -0.3 is 10.1 Å². The number of ether oxygens (including phenoxy) is 1. The maximum Gasteiger partial charge on any atom is 0.339 e. The first kappa shape index (κ1) is 17.9. The first-order valence-electron chi connectivity index (χ1n) is 6.50. The molecule has 0 aliphatic rings. The molecule has 1 aromatic rings. The second-order valence-electron chi connectivity index (χ2n) is 4.28. The van der Waals surface area contributed by atoms with Crippen LogP contribution in [0.25, 0.3) is 0 Å². The van der Waals surface area contributed by atoms with Gasteiger partial charge in [0.2, 0.25) is 10.0 Å². The van der Waals surface area contributed by atoms with E-state index in [2.05, 4.69) is 14.8 Å². The van der Waals surface area contributed by atoms with Crippen LogP contribution in [0.1, 0.15) is 23.7 Å². The number of sulfonamides is 1. The van der Waals surface area contributed by atoms with Gasteiger partial charge >= 0.3 is 5.97 Å². The highest BCUT2D eigenvalue weighted by atomic mass is 35.5. The SMILES string of the molecule is CCCNCCNS(=O)(=O)c1cc(Cl)ccc1C(=O)OC. The van der Waals surface area contributed by atoms with Crippen molar-refractivity contribution in [1.82, 2.24) is 10.0 Å². The highest BCUT2D eigenvalue weighted by Gasteiger charge is 2.23. The number of carbonyl (C=O) groups excluding carboxylic acids is 1. The molecule has 0 unspecified atom stereocenters. The third-order valence-corrected chi connectivity index (χ3v) is 4.40. The summed E-state index contributed by atoms with van der Waals surface area (Å²) in [6.45, 7) is 3.55. The predicted molar refractivity (Wildman–Crippen MR) is 81.1 cm³/mol. The van der Waals surface area contributed by atoms with Crippen molar-refractivity contribution in [3.63, 3.8) is 0 Å². The van der Waals surface area contributed by atoms with Crippen LogP contribution in [0.4, 0.5) is 0 Å². The lowest BCUT2D eigenvalue weighted by atomic mass is 10.2. The fraction of sp³-hybridized carbons (Fsp3) is 0.462. The Kier molecular flexibility index (Phi) is 7.10. The van der Waals surface area contributed by atoms with E-state index >= 15 is 0 Å². The van der Waals surface area contributed by atoms with Crippen LogP contribution in [0.2, 0.25) is 5.02 Å². The van der Waals surface area contributed by atoms with E-state index in [1.54, 1.807) is 0 Å². The smallest absolute Gasteiger partial charge is 0.339 e. The largest absolute Gasteiger partial charge is 0.465 e. The van der Waals surface area contributed by atoms with Crippen LogP contribution in [-0.2, 0) is 14.8 Å². The molecule has 0 bridgehead atoms. The minimum atomic E-state index is -3.83.